The van der Waals surface area contributed by atoms with E-state index in [1.807, 2.05) is 24.3 Å². The van der Waals surface area contributed by atoms with Crippen molar-refractivity contribution in [2.75, 3.05) is 12.4 Å². The minimum atomic E-state index is 0.160. The topological polar surface area (TPSA) is 59.6 Å². The van der Waals surface area contributed by atoms with E-state index in [0.717, 1.165) is 16.8 Å². The quantitative estimate of drug-likeness (QED) is 0.644. The summed E-state index contributed by atoms with van der Waals surface area (Å²) in [7, 11) is 1.68. The number of nitrogens with one attached hydrogen (secondary N) is 1. The third-order valence-electron chi connectivity index (χ3n) is 3.83. The Bertz CT molecular complexity index is 685. The molecule has 0 atom stereocenters. The predicted molar refractivity (Wildman–Crippen MR) is 101 cm³/mol. The van der Waals surface area contributed by atoms with Crippen LogP contribution in [-0.2, 0) is 23.3 Å². The molecule has 0 unspecified atom stereocenters. The van der Waals surface area contributed by atoms with Gasteiger partial charge in [-0.1, -0.05) is 63.2 Å². The highest BCUT2D eigenvalue weighted by Crippen LogP contribution is 2.22. The van der Waals surface area contributed by atoms with Crippen LogP contribution in [-0.4, -0.2) is 13.1 Å². The van der Waals surface area contributed by atoms with E-state index >= 15 is 0 Å². The summed E-state index contributed by atoms with van der Waals surface area (Å²) in [4.78, 5) is 4.43. The van der Waals surface area contributed by atoms with Crippen LogP contribution in [0.5, 0.6) is 0 Å². The minimum absolute atomic E-state index is 0.160. The first-order valence-corrected chi connectivity index (χ1v) is 8.13. The van der Waals surface area contributed by atoms with Crippen LogP contribution >= 0.6 is 0 Å². The van der Waals surface area contributed by atoms with Crippen LogP contribution < -0.4 is 11.1 Å². The van der Waals surface area contributed by atoms with Crippen LogP contribution in [0.1, 0.15) is 37.5 Å². The molecule has 4 nitrogen and oxygen atoms in total. The molecule has 4 heteroatoms. The maximum atomic E-state index is 6.02. The lowest BCUT2D eigenvalue weighted by Crippen LogP contribution is -2.23. The van der Waals surface area contributed by atoms with Crippen LogP contribution in [0.3, 0.4) is 0 Å². The zero-order valence-corrected chi connectivity index (χ0v) is 15.0. The maximum absolute atomic E-state index is 6.02. The van der Waals surface area contributed by atoms with Crippen LogP contribution in [0.2, 0.25) is 0 Å². The molecule has 0 saturated carbocycles. The number of ether oxygens (including phenoxy) is 1. The zero-order valence-electron chi connectivity index (χ0n) is 15.0. The molecule has 0 spiro atoms. The molecule has 0 radical (unpaired) electrons. The SMILES string of the molecule is COCc1ccccc1NC(N)=NCc1ccc(C(C)(C)C)cc1. The number of hydrogen-bond acceptors (Lipinski definition) is 2. The maximum Gasteiger partial charge on any atom is 0.193 e. The molecule has 0 aromatic heterocycles. The van der Waals surface area contributed by atoms with Crippen molar-refractivity contribution < 1.29 is 4.74 Å². The zero-order chi connectivity index (χ0) is 17.6. The molecule has 0 fully saturated rings. The van der Waals surface area contributed by atoms with Crippen molar-refractivity contribution in [2.45, 2.75) is 39.3 Å². The summed E-state index contributed by atoms with van der Waals surface area (Å²) in [5.41, 5.74) is 10.6. The van der Waals surface area contributed by atoms with Gasteiger partial charge < -0.3 is 15.8 Å². The third kappa shape index (κ3) is 5.10. The number of anilines is 1. The molecule has 24 heavy (non-hydrogen) atoms. The fourth-order valence-electron chi connectivity index (χ4n) is 2.39. The number of guanidine groups is 1. The van der Waals surface area contributed by atoms with Gasteiger partial charge in [0.2, 0.25) is 0 Å². The van der Waals surface area contributed by atoms with Crippen molar-refractivity contribution in [3.63, 3.8) is 0 Å². The molecule has 128 valence electrons. The molecule has 2 rings (SSSR count). The molecular weight excluding hydrogens is 298 g/mol. The molecule has 2 aromatic rings. The highest BCUT2D eigenvalue weighted by atomic mass is 16.5. The summed E-state index contributed by atoms with van der Waals surface area (Å²) in [6.45, 7) is 7.71. The average molecular weight is 325 g/mol. The summed E-state index contributed by atoms with van der Waals surface area (Å²) in [5.74, 6) is 0.401. The van der Waals surface area contributed by atoms with Crippen molar-refractivity contribution in [3.05, 3.63) is 65.2 Å². The Hall–Kier alpha value is -2.33. The number of nitrogens with zero attached hydrogens (tertiary/aromatic N) is 1. The molecule has 0 aliphatic rings. The van der Waals surface area contributed by atoms with E-state index in [9.17, 15) is 0 Å². The number of para-hydroxylation sites is 1. The third-order valence-corrected chi connectivity index (χ3v) is 3.83. The second-order valence-electron chi connectivity index (χ2n) is 6.86. The first kappa shape index (κ1) is 18.0. The summed E-state index contributed by atoms with van der Waals surface area (Å²) < 4.78 is 5.20. The Morgan fingerprint density at radius 3 is 2.38 bits per heavy atom. The summed E-state index contributed by atoms with van der Waals surface area (Å²) in [5, 5.41) is 3.15. The normalized spacial score (nSPS) is 12.2. The van der Waals surface area contributed by atoms with Gasteiger partial charge in [0.15, 0.2) is 5.96 Å². The highest BCUT2D eigenvalue weighted by molar-refractivity contribution is 5.92. The Morgan fingerprint density at radius 1 is 1.08 bits per heavy atom. The van der Waals surface area contributed by atoms with E-state index < -0.39 is 0 Å². The molecule has 0 aliphatic carbocycles. The van der Waals surface area contributed by atoms with Crippen LogP contribution in [0.15, 0.2) is 53.5 Å². The van der Waals surface area contributed by atoms with E-state index in [-0.39, 0.29) is 5.41 Å². The van der Waals surface area contributed by atoms with Gasteiger partial charge in [0.05, 0.1) is 13.2 Å². The van der Waals surface area contributed by atoms with E-state index in [4.69, 9.17) is 10.5 Å². The van der Waals surface area contributed by atoms with Gasteiger partial charge in [-0.15, -0.1) is 0 Å². The van der Waals surface area contributed by atoms with Gasteiger partial charge in [-0.2, -0.15) is 0 Å². The molecule has 0 saturated heterocycles. The van der Waals surface area contributed by atoms with E-state index in [1.165, 1.54) is 5.56 Å². The van der Waals surface area contributed by atoms with Crippen molar-refractivity contribution in [1.82, 2.24) is 0 Å². The number of hydrogen-bond donors (Lipinski definition) is 2. The lowest BCUT2D eigenvalue weighted by molar-refractivity contribution is 0.185. The van der Waals surface area contributed by atoms with E-state index in [1.54, 1.807) is 7.11 Å². The standard InChI is InChI=1S/C20H27N3O/c1-20(2,3)17-11-9-15(10-12-17)13-22-19(21)23-18-8-6-5-7-16(18)14-24-4/h5-12H,13-14H2,1-4H3,(H3,21,22,23). The minimum Gasteiger partial charge on any atom is -0.380 e. The molecular formula is C20H27N3O. The number of aliphatic imine (C=N–C) groups is 1. The first-order valence-electron chi connectivity index (χ1n) is 8.13. The number of methoxy groups -OCH3 is 1. The Labute approximate surface area is 144 Å². The predicted octanol–water partition coefficient (Wildman–Crippen LogP) is 4.06. The summed E-state index contributed by atoms with van der Waals surface area (Å²) >= 11 is 0. The Morgan fingerprint density at radius 2 is 1.75 bits per heavy atom. The Kier molecular flexibility index (Phi) is 5.99. The van der Waals surface area contributed by atoms with Crippen molar-refractivity contribution in [2.24, 2.45) is 10.7 Å². The first-order chi connectivity index (χ1) is 11.4. The van der Waals surface area contributed by atoms with Crippen LogP contribution in [0.25, 0.3) is 0 Å². The number of nitrogens with two attached hydrogens (primary N) is 1. The monoisotopic (exact) mass is 325 g/mol. The van der Waals surface area contributed by atoms with Crippen molar-refractivity contribution in [3.8, 4) is 0 Å². The van der Waals surface area contributed by atoms with Gasteiger partial charge in [0.25, 0.3) is 0 Å². The van der Waals surface area contributed by atoms with Crippen molar-refractivity contribution >= 4 is 11.6 Å². The van der Waals surface area contributed by atoms with Gasteiger partial charge in [-0.3, -0.25) is 0 Å². The lowest BCUT2D eigenvalue weighted by atomic mass is 9.87. The second kappa shape index (κ2) is 7.97. The lowest BCUT2D eigenvalue weighted by Gasteiger charge is -2.19. The largest absolute Gasteiger partial charge is 0.380 e. The summed E-state index contributed by atoms with van der Waals surface area (Å²) in [6, 6.07) is 16.4. The van der Waals surface area contributed by atoms with Crippen LogP contribution in [0, 0.1) is 0 Å². The van der Waals surface area contributed by atoms with Gasteiger partial charge in [-0.25, -0.2) is 4.99 Å². The van der Waals surface area contributed by atoms with E-state index in [2.05, 4.69) is 55.3 Å². The summed E-state index contributed by atoms with van der Waals surface area (Å²) in [6.07, 6.45) is 0. The van der Waals surface area contributed by atoms with Gasteiger partial charge in [-0.05, 0) is 22.6 Å². The number of rotatable bonds is 5. The fourth-order valence-corrected chi connectivity index (χ4v) is 2.39. The highest BCUT2D eigenvalue weighted by Gasteiger charge is 2.12. The molecule has 2 aromatic carbocycles. The van der Waals surface area contributed by atoms with Gasteiger partial charge >= 0.3 is 0 Å². The molecule has 0 heterocycles. The van der Waals surface area contributed by atoms with Crippen LogP contribution in [0.4, 0.5) is 5.69 Å². The average Bonchev–Trinajstić information content (AvgIpc) is 2.55. The van der Waals surface area contributed by atoms with Gasteiger partial charge in [0.1, 0.15) is 0 Å². The second-order valence-corrected chi connectivity index (χ2v) is 6.86. The fraction of sp³-hybridized carbons (Fsp3) is 0.350. The van der Waals surface area contributed by atoms with Gasteiger partial charge in [0, 0.05) is 18.4 Å². The Balaban J connectivity index is 2.02. The molecule has 3 N–H and O–H groups in total. The van der Waals surface area contributed by atoms with E-state index in [0.29, 0.717) is 19.1 Å². The molecule has 0 bridgehead atoms. The number of benzene rings is 2. The smallest absolute Gasteiger partial charge is 0.193 e. The molecule has 0 aliphatic heterocycles. The van der Waals surface area contributed by atoms with Crippen molar-refractivity contribution in [1.29, 1.82) is 0 Å². The molecule has 0 amide bonds.